The first kappa shape index (κ1) is 8.80. The highest BCUT2D eigenvalue weighted by Crippen LogP contribution is 2.01. The maximum Gasteiger partial charge on any atom is 0.244 e. The van der Waals surface area contributed by atoms with Gasteiger partial charge < -0.3 is 5.21 Å². The molecule has 64 valence electrons. The van der Waals surface area contributed by atoms with E-state index in [1.165, 1.54) is 25.3 Å². The third-order valence-corrected chi connectivity index (χ3v) is 1.37. The van der Waals surface area contributed by atoms with Gasteiger partial charge in [0.2, 0.25) is 5.91 Å². The Balaban J connectivity index is 3.27. The molecule has 0 fully saturated rings. The standard InChI is InChI=1S/C7H7ClN2O2/c1-5(11)9-7-3-2-6(8)4-10(7)12/h2-4,12H,1H3. The Morgan fingerprint density at radius 3 is 2.83 bits per heavy atom. The number of hydrogen-bond donors (Lipinski definition) is 1. The van der Waals surface area contributed by atoms with E-state index < -0.39 is 0 Å². The highest BCUT2D eigenvalue weighted by molar-refractivity contribution is 6.30. The van der Waals surface area contributed by atoms with E-state index in [1.807, 2.05) is 0 Å². The molecule has 0 aromatic carbocycles. The Morgan fingerprint density at radius 2 is 2.33 bits per heavy atom. The molecular formula is C7H7ClN2O2. The third kappa shape index (κ3) is 2.10. The van der Waals surface area contributed by atoms with Gasteiger partial charge in [0, 0.05) is 6.92 Å². The van der Waals surface area contributed by atoms with Crippen molar-refractivity contribution in [2.24, 2.45) is 4.99 Å². The number of nitrogens with zero attached hydrogens (tertiary/aromatic N) is 2. The van der Waals surface area contributed by atoms with Gasteiger partial charge in [-0.25, -0.2) is 0 Å². The van der Waals surface area contributed by atoms with Crippen LogP contribution in [0.15, 0.2) is 23.3 Å². The van der Waals surface area contributed by atoms with Gasteiger partial charge in [0.15, 0.2) is 5.49 Å². The molecule has 1 N–H and O–H groups in total. The first-order valence-electron chi connectivity index (χ1n) is 3.22. The van der Waals surface area contributed by atoms with E-state index in [0.717, 1.165) is 0 Å². The Hall–Kier alpha value is -1.29. The van der Waals surface area contributed by atoms with Gasteiger partial charge in [-0.2, -0.15) is 9.72 Å². The van der Waals surface area contributed by atoms with Crippen LogP contribution in [0.25, 0.3) is 0 Å². The summed E-state index contributed by atoms with van der Waals surface area (Å²) in [6.07, 6.45) is 1.25. The highest BCUT2D eigenvalue weighted by Gasteiger charge is 1.93. The molecule has 0 saturated carbocycles. The highest BCUT2D eigenvalue weighted by atomic mass is 35.5. The summed E-state index contributed by atoms with van der Waals surface area (Å²) in [5, 5.41) is 9.50. The first-order valence-corrected chi connectivity index (χ1v) is 3.60. The molecule has 1 rings (SSSR count). The summed E-state index contributed by atoms with van der Waals surface area (Å²) in [6, 6.07) is 2.99. The number of carbonyl (C=O) groups is 1. The summed E-state index contributed by atoms with van der Waals surface area (Å²) >= 11 is 5.55. The van der Waals surface area contributed by atoms with Gasteiger partial charge in [0.25, 0.3) is 0 Å². The molecule has 1 aromatic rings. The summed E-state index contributed by atoms with van der Waals surface area (Å²) in [7, 11) is 0. The Morgan fingerprint density at radius 1 is 1.67 bits per heavy atom. The van der Waals surface area contributed by atoms with Crippen LogP contribution in [-0.2, 0) is 4.79 Å². The van der Waals surface area contributed by atoms with Crippen molar-refractivity contribution in [1.29, 1.82) is 0 Å². The van der Waals surface area contributed by atoms with Gasteiger partial charge in [-0.15, -0.1) is 0 Å². The summed E-state index contributed by atoms with van der Waals surface area (Å²) in [5.74, 6) is -0.375. The van der Waals surface area contributed by atoms with Crippen LogP contribution in [-0.4, -0.2) is 15.8 Å². The molecule has 0 bridgehead atoms. The second-order valence-corrected chi connectivity index (χ2v) is 2.62. The monoisotopic (exact) mass is 186 g/mol. The fourth-order valence-corrected chi connectivity index (χ4v) is 0.862. The topological polar surface area (TPSA) is 54.6 Å². The van der Waals surface area contributed by atoms with Crippen LogP contribution in [0.3, 0.4) is 0 Å². The predicted molar refractivity (Wildman–Crippen MR) is 42.9 cm³/mol. The fraction of sp³-hybridized carbons (Fsp3) is 0.143. The number of hydrogen-bond acceptors (Lipinski definition) is 2. The minimum Gasteiger partial charge on any atom is -0.427 e. The molecule has 5 heteroatoms. The molecule has 1 amide bonds. The van der Waals surface area contributed by atoms with E-state index in [1.54, 1.807) is 0 Å². The number of amides is 1. The lowest BCUT2D eigenvalue weighted by Crippen LogP contribution is -2.18. The van der Waals surface area contributed by atoms with E-state index in [4.69, 9.17) is 16.8 Å². The van der Waals surface area contributed by atoms with Crippen molar-refractivity contribution < 1.29 is 10.0 Å². The lowest BCUT2D eigenvalue weighted by atomic mass is 10.5. The van der Waals surface area contributed by atoms with Crippen LogP contribution in [0, 0.1) is 0 Å². The molecule has 0 aliphatic carbocycles. The molecule has 0 unspecified atom stereocenters. The molecule has 0 aliphatic rings. The smallest absolute Gasteiger partial charge is 0.244 e. The van der Waals surface area contributed by atoms with Gasteiger partial charge in [0.05, 0.1) is 11.2 Å². The van der Waals surface area contributed by atoms with Crippen LogP contribution in [0.1, 0.15) is 6.92 Å². The number of halogens is 1. The quantitative estimate of drug-likeness (QED) is 0.610. The Labute approximate surface area is 73.7 Å². The van der Waals surface area contributed by atoms with Gasteiger partial charge >= 0.3 is 0 Å². The van der Waals surface area contributed by atoms with Crippen molar-refractivity contribution in [1.82, 2.24) is 4.73 Å². The lowest BCUT2D eigenvalue weighted by Gasteiger charge is -1.96. The molecule has 1 heterocycles. The van der Waals surface area contributed by atoms with E-state index in [9.17, 15) is 4.79 Å². The zero-order valence-electron chi connectivity index (χ0n) is 6.36. The van der Waals surface area contributed by atoms with Crippen LogP contribution in [0.2, 0.25) is 5.02 Å². The lowest BCUT2D eigenvalue weighted by molar-refractivity contribution is -0.116. The molecule has 1 aromatic heterocycles. The largest absolute Gasteiger partial charge is 0.427 e. The van der Waals surface area contributed by atoms with Gasteiger partial charge in [-0.1, -0.05) is 11.6 Å². The first-order chi connectivity index (χ1) is 5.59. The van der Waals surface area contributed by atoms with Crippen LogP contribution < -0.4 is 5.49 Å². The van der Waals surface area contributed by atoms with Crippen molar-refractivity contribution in [2.45, 2.75) is 6.92 Å². The number of carbonyl (C=O) groups excluding carboxylic acids is 1. The number of aromatic nitrogens is 1. The van der Waals surface area contributed by atoms with Crippen LogP contribution in [0.5, 0.6) is 0 Å². The van der Waals surface area contributed by atoms with Crippen LogP contribution in [0.4, 0.5) is 0 Å². The minimum absolute atomic E-state index is 0.159. The normalized spacial score (nSPS) is 11.7. The third-order valence-electron chi connectivity index (χ3n) is 1.14. The van der Waals surface area contributed by atoms with E-state index in [-0.39, 0.29) is 11.4 Å². The maximum absolute atomic E-state index is 10.5. The fourth-order valence-electron chi connectivity index (χ4n) is 0.706. The molecular weight excluding hydrogens is 180 g/mol. The van der Waals surface area contributed by atoms with Gasteiger partial charge in [-0.05, 0) is 12.1 Å². The van der Waals surface area contributed by atoms with Crippen molar-refractivity contribution in [3.05, 3.63) is 28.8 Å². The summed E-state index contributed by atoms with van der Waals surface area (Å²) in [4.78, 5) is 14.0. The van der Waals surface area contributed by atoms with E-state index in [2.05, 4.69) is 4.99 Å². The minimum atomic E-state index is -0.375. The molecule has 0 atom stereocenters. The summed E-state index contributed by atoms with van der Waals surface area (Å²) in [6.45, 7) is 1.30. The Bertz CT molecular complexity index is 370. The molecule has 0 saturated heterocycles. The van der Waals surface area contributed by atoms with E-state index >= 15 is 0 Å². The maximum atomic E-state index is 10.5. The van der Waals surface area contributed by atoms with Crippen molar-refractivity contribution >= 4 is 17.5 Å². The zero-order valence-corrected chi connectivity index (χ0v) is 7.12. The van der Waals surface area contributed by atoms with Crippen molar-refractivity contribution in [3.8, 4) is 0 Å². The van der Waals surface area contributed by atoms with Crippen molar-refractivity contribution in [3.63, 3.8) is 0 Å². The molecule has 0 aliphatic heterocycles. The number of pyridine rings is 1. The SMILES string of the molecule is CC(=O)N=c1ccc(Cl)cn1O. The van der Waals surface area contributed by atoms with Gasteiger partial charge in [-0.3, -0.25) is 4.79 Å². The van der Waals surface area contributed by atoms with E-state index in [0.29, 0.717) is 9.75 Å². The predicted octanol–water partition coefficient (Wildman–Crippen LogP) is 0.826. The average Bonchev–Trinajstić information content (AvgIpc) is 1.94. The second-order valence-electron chi connectivity index (χ2n) is 2.18. The number of rotatable bonds is 0. The zero-order chi connectivity index (χ0) is 9.14. The second kappa shape index (κ2) is 3.40. The molecule has 0 radical (unpaired) electrons. The molecule has 4 nitrogen and oxygen atoms in total. The summed E-state index contributed by atoms with van der Waals surface area (Å²) in [5.41, 5.74) is 0.159. The van der Waals surface area contributed by atoms with Crippen LogP contribution >= 0.6 is 11.6 Å². The molecule has 12 heavy (non-hydrogen) atoms. The summed E-state index contributed by atoms with van der Waals surface area (Å²) < 4.78 is 0.698. The van der Waals surface area contributed by atoms with Crippen molar-refractivity contribution in [2.75, 3.05) is 0 Å². The molecule has 0 spiro atoms. The van der Waals surface area contributed by atoms with Gasteiger partial charge in [0.1, 0.15) is 0 Å². The Kier molecular flexibility index (Phi) is 2.50. The average molecular weight is 187 g/mol.